The van der Waals surface area contributed by atoms with Gasteiger partial charge in [-0.1, -0.05) is 11.6 Å². The lowest BCUT2D eigenvalue weighted by Gasteiger charge is -2.24. The van der Waals surface area contributed by atoms with E-state index in [1.165, 1.54) is 12.1 Å². The van der Waals surface area contributed by atoms with Crippen molar-refractivity contribution in [1.29, 1.82) is 0 Å². The van der Waals surface area contributed by atoms with E-state index in [4.69, 9.17) is 11.6 Å². The second kappa shape index (κ2) is 8.06. The minimum atomic E-state index is -3.70. The first-order valence-electron chi connectivity index (χ1n) is 8.50. The largest absolute Gasteiger partial charge is 0.382 e. The maximum atomic E-state index is 13.0. The molecule has 4 rings (SSSR count). The number of piperidine rings is 1. The van der Waals surface area contributed by atoms with Gasteiger partial charge in [0.2, 0.25) is 9.84 Å². The maximum absolute atomic E-state index is 13.0. The van der Waals surface area contributed by atoms with Gasteiger partial charge >= 0.3 is 0 Å². The van der Waals surface area contributed by atoms with E-state index in [1.807, 2.05) is 18.2 Å². The Bertz CT molecular complexity index is 1030. The fourth-order valence-electron chi connectivity index (χ4n) is 3.21. The molecular formula is C18H20Cl2N4O2S. The molecule has 1 saturated heterocycles. The number of H-pyrrole nitrogens is 1. The number of hydrogen-bond acceptors (Lipinski definition) is 5. The zero-order chi connectivity index (χ0) is 18.1. The summed E-state index contributed by atoms with van der Waals surface area (Å²) in [5, 5.41) is 14.8. The SMILES string of the molecule is Cl.O=S(=O)(c1ccc(Cl)cc1)c1[nH]nc2ccc(NC3CCNCC3)cc12. The zero-order valence-electron chi connectivity index (χ0n) is 14.4. The van der Waals surface area contributed by atoms with E-state index in [-0.39, 0.29) is 22.3 Å². The van der Waals surface area contributed by atoms with E-state index < -0.39 is 9.84 Å². The smallest absolute Gasteiger partial charge is 0.223 e. The van der Waals surface area contributed by atoms with Crippen LogP contribution in [0.3, 0.4) is 0 Å². The second-order valence-corrected chi connectivity index (χ2v) is 8.73. The number of anilines is 1. The molecule has 0 amide bonds. The van der Waals surface area contributed by atoms with Crippen LogP contribution in [0, 0.1) is 0 Å². The van der Waals surface area contributed by atoms with Crippen molar-refractivity contribution >= 4 is 50.4 Å². The number of hydrogen-bond donors (Lipinski definition) is 3. The highest BCUT2D eigenvalue weighted by atomic mass is 35.5. The van der Waals surface area contributed by atoms with Crippen LogP contribution in [0.2, 0.25) is 5.02 Å². The number of fused-ring (bicyclic) bond motifs is 1. The van der Waals surface area contributed by atoms with E-state index in [9.17, 15) is 8.42 Å². The van der Waals surface area contributed by atoms with Crippen molar-refractivity contribution in [1.82, 2.24) is 15.5 Å². The molecule has 9 heteroatoms. The van der Waals surface area contributed by atoms with Crippen LogP contribution < -0.4 is 10.6 Å². The lowest BCUT2D eigenvalue weighted by atomic mass is 10.1. The van der Waals surface area contributed by atoms with Crippen molar-refractivity contribution in [2.24, 2.45) is 0 Å². The van der Waals surface area contributed by atoms with Crippen molar-refractivity contribution in [3.05, 3.63) is 47.5 Å². The third-order valence-corrected chi connectivity index (χ3v) is 6.62. The van der Waals surface area contributed by atoms with E-state index in [0.29, 0.717) is 22.0 Å². The highest BCUT2D eigenvalue weighted by molar-refractivity contribution is 7.91. The summed E-state index contributed by atoms with van der Waals surface area (Å²) in [5.74, 6) is 0. The molecule has 0 bridgehead atoms. The average Bonchev–Trinajstić information content (AvgIpc) is 3.07. The molecule has 2 heterocycles. The summed E-state index contributed by atoms with van der Waals surface area (Å²) in [6, 6.07) is 12.1. The van der Waals surface area contributed by atoms with Crippen LogP contribution in [0.1, 0.15) is 12.8 Å². The molecule has 3 aromatic rings. The summed E-state index contributed by atoms with van der Waals surface area (Å²) in [7, 11) is -3.70. The van der Waals surface area contributed by atoms with Gasteiger partial charge in [0.1, 0.15) is 0 Å². The quantitative estimate of drug-likeness (QED) is 0.592. The Morgan fingerprint density at radius 3 is 2.48 bits per heavy atom. The predicted octanol–water partition coefficient (Wildman–Crippen LogP) is 3.63. The molecule has 1 aliphatic rings. The predicted molar refractivity (Wildman–Crippen MR) is 110 cm³/mol. The Hall–Kier alpha value is -1.80. The summed E-state index contributed by atoms with van der Waals surface area (Å²) in [6.07, 6.45) is 2.08. The topological polar surface area (TPSA) is 86.9 Å². The Morgan fingerprint density at radius 2 is 1.78 bits per heavy atom. The number of sulfone groups is 1. The van der Waals surface area contributed by atoms with Gasteiger partial charge in [0, 0.05) is 22.1 Å². The molecule has 0 unspecified atom stereocenters. The normalized spacial score (nSPS) is 15.4. The van der Waals surface area contributed by atoms with Crippen LogP contribution in [0.5, 0.6) is 0 Å². The molecule has 144 valence electrons. The number of halogens is 2. The molecule has 0 radical (unpaired) electrons. The number of nitrogens with zero attached hydrogens (tertiary/aromatic N) is 1. The molecule has 27 heavy (non-hydrogen) atoms. The van der Waals surface area contributed by atoms with Crippen molar-refractivity contribution in [2.45, 2.75) is 28.8 Å². The number of aromatic amines is 1. The average molecular weight is 427 g/mol. The number of nitrogens with one attached hydrogen (secondary N) is 3. The summed E-state index contributed by atoms with van der Waals surface area (Å²) in [4.78, 5) is 0.184. The summed E-state index contributed by atoms with van der Waals surface area (Å²) in [5.41, 5.74) is 1.52. The fourth-order valence-corrected chi connectivity index (χ4v) is 4.69. The van der Waals surface area contributed by atoms with Crippen molar-refractivity contribution < 1.29 is 8.42 Å². The first-order chi connectivity index (χ1) is 12.5. The van der Waals surface area contributed by atoms with Gasteiger partial charge in [-0.2, -0.15) is 5.10 Å². The van der Waals surface area contributed by atoms with Crippen LogP contribution in [-0.2, 0) is 9.84 Å². The van der Waals surface area contributed by atoms with Gasteiger partial charge in [0.25, 0.3) is 0 Å². The highest BCUT2D eigenvalue weighted by Gasteiger charge is 2.23. The number of aromatic nitrogens is 2. The molecular weight excluding hydrogens is 407 g/mol. The van der Waals surface area contributed by atoms with E-state index in [0.717, 1.165) is 31.6 Å². The molecule has 0 spiro atoms. The summed E-state index contributed by atoms with van der Waals surface area (Å²) >= 11 is 5.87. The van der Waals surface area contributed by atoms with Crippen LogP contribution in [-0.4, -0.2) is 37.7 Å². The Balaban J connectivity index is 0.00000210. The lowest BCUT2D eigenvalue weighted by molar-refractivity contribution is 0.479. The third-order valence-electron chi connectivity index (χ3n) is 4.62. The van der Waals surface area contributed by atoms with Gasteiger partial charge in [-0.25, -0.2) is 8.42 Å². The molecule has 1 fully saturated rings. The van der Waals surface area contributed by atoms with Gasteiger partial charge in [-0.15, -0.1) is 12.4 Å². The van der Waals surface area contributed by atoms with Crippen LogP contribution >= 0.6 is 24.0 Å². The van der Waals surface area contributed by atoms with Gasteiger partial charge < -0.3 is 10.6 Å². The number of benzene rings is 2. The van der Waals surface area contributed by atoms with Gasteiger partial charge in [-0.05, 0) is 68.4 Å². The van der Waals surface area contributed by atoms with E-state index in [1.54, 1.807) is 12.1 Å². The molecule has 6 nitrogen and oxygen atoms in total. The van der Waals surface area contributed by atoms with Crippen LogP contribution in [0.15, 0.2) is 52.4 Å². The van der Waals surface area contributed by atoms with Crippen molar-refractivity contribution in [3.8, 4) is 0 Å². The molecule has 1 aliphatic heterocycles. The Kier molecular flexibility index (Phi) is 5.95. The third kappa shape index (κ3) is 4.06. The van der Waals surface area contributed by atoms with Gasteiger partial charge in [0.15, 0.2) is 5.03 Å². The molecule has 0 atom stereocenters. The minimum absolute atomic E-state index is 0. The summed E-state index contributed by atoms with van der Waals surface area (Å²) in [6.45, 7) is 1.98. The highest BCUT2D eigenvalue weighted by Crippen LogP contribution is 2.29. The van der Waals surface area contributed by atoms with Crippen molar-refractivity contribution in [3.63, 3.8) is 0 Å². The second-order valence-electron chi connectivity index (χ2n) is 6.41. The van der Waals surface area contributed by atoms with Crippen LogP contribution in [0.25, 0.3) is 10.9 Å². The Morgan fingerprint density at radius 1 is 1.07 bits per heavy atom. The summed E-state index contributed by atoms with van der Waals surface area (Å²) < 4.78 is 26.0. The van der Waals surface area contributed by atoms with E-state index in [2.05, 4.69) is 20.8 Å². The van der Waals surface area contributed by atoms with Crippen molar-refractivity contribution in [2.75, 3.05) is 18.4 Å². The number of rotatable bonds is 4. The van der Waals surface area contributed by atoms with Crippen LogP contribution in [0.4, 0.5) is 5.69 Å². The molecule has 0 saturated carbocycles. The molecule has 0 aliphatic carbocycles. The minimum Gasteiger partial charge on any atom is -0.382 e. The molecule has 3 N–H and O–H groups in total. The monoisotopic (exact) mass is 426 g/mol. The van der Waals surface area contributed by atoms with Gasteiger partial charge in [0.05, 0.1) is 10.4 Å². The molecule has 1 aromatic heterocycles. The zero-order valence-corrected chi connectivity index (χ0v) is 16.8. The standard InChI is InChI=1S/C18H19ClN4O2S.ClH/c19-12-1-4-15(5-2-12)26(24,25)18-16-11-14(3-6-17(16)22-23-18)21-13-7-9-20-10-8-13;/h1-6,11,13,20-21H,7-10H2,(H,22,23);1H. The Labute approximate surface area is 169 Å². The first kappa shape index (κ1) is 19.9. The molecule has 2 aromatic carbocycles. The van der Waals surface area contributed by atoms with Gasteiger partial charge in [-0.3, -0.25) is 5.10 Å². The maximum Gasteiger partial charge on any atom is 0.223 e. The van der Waals surface area contributed by atoms with E-state index >= 15 is 0 Å². The first-order valence-corrected chi connectivity index (χ1v) is 10.4. The lowest BCUT2D eigenvalue weighted by Crippen LogP contribution is -2.35. The fraction of sp³-hybridized carbons (Fsp3) is 0.278.